The van der Waals surface area contributed by atoms with Crippen molar-refractivity contribution in [2.45, 2.75) is 46.0 Å². The van der Waals surface area contributed by atoms with Gasteiger partial charge in [-0.1, -0.05) is 45.9 Å². The van der Waals surface area contributed by atoms with Crippen molar-refractivity contribution in [1.82, 2.24) is 0 Å². The number of anilines is 1. The lowest BCUT2D eigenvalue weighted by Gasteiger charge is -2.36. The van der Waals surface area contributed by atoms with Gasteiger partial charge in [0, 0.05) is 23.8 Å². The standard InChI is InChI=1S/C19H27NO/c1-14(2)12-19(13-15(3)4)16-8-6-7-9-17(16)20(5)18(19)10-11-21/h6-11,14-15H,12-13H2,1-5H3/b18-10-. The molecule has 1 aliphatic heterocycles. The van der Waals surface area contributed by atoms with E-state index in [9.17, 15) is 4.79 Å². The van der Waals surface area contributed by atoms with E-state index in [-0.39, 0.29) is 5.41 Å². The molecule has 21 heavy (non-hydrogen) atoms. The number of allylic oxidation sites excluding steroid dienone is 2. The monoisotopic (exact) mass is 285 g/mol. The summed E-state index contributed by atoms with van der Waals surface area (Å²) in [5, 5.41) is 0. The van der Waals surface area contributed by atoms with Crippen LogP contribution in [0.2, 0.25) is 0 Å². The second-order valence-electron chi connectivity index (χ2n) is 7.04. The predicted octanol–water partition coefficient (Wildman–Crippen LogP) is 4.55. The summed E-state index contributed by atoms with van der Waals surface area (Å²) in [5.74, 6) is 1.16. The van der Waals surface area contributed by atoms with Gasteiger partial charge in [-0.2, -0.15) is 0 Å². The SMILES string of the molecule is CC(C)CC1(CC(C)C)/C(=C/C=O)N(C)c2ccccc21. The molecule has 0 amide bonds. The smallest absolute Gasteiger partial charge is 0.144 e. The van der Waals surface area contributed by atoms with Crippen molar-refractivity contribution in [2.75, 3.05) is 11.9 Å². The van der Waals surface area contributed by atoms with Crippen LogP contribution in [0, 0.1) is 11.8 Å². The third-order valence-corrected chi connectivity index (χ3v) is 4.37. The van der Waals surface area contributed by atoms with Crippen LogP contribution in [0.3, 0.4) is 0 Å². The largest absolute Gasteiger partial charge is 0.347 e. The van der Waals surface area contributed by atoms with Crippen molar-refractivity contribution in [3.63, 3.8) is 0 Å². The van der Waals surface area contributed by atoms with Crippen LogP contribution in [-0.4, -0.2) is 13.3 Å². The van der Waals surface area contributed by atoms with Gasteiger partial charge in [0.1, 0.15) is 6.29 Å². The molecule has 0 N–H and O–H groups in total. The van der Waals surface area contributed by atoms with Crippen molar-refractivity contribution >= 4 is 12.0 Å². The molecule has 1 aromatic rings. The Morgan fingerprint density at radius 1 is 1.10 bits per heavy atom. The Balaban J connectivity index is 2.66. The molecular formula is C19H27NO. The van der Waals surface area contributed by atoms with Crippen LogP contribution in [0.4, 0.5) is 5.69 Å². The van der Waals surface area contributed by atoms with Gasteiger partial charge in [-0.15, -0.1) is 0 Å². The first-order chi connectivity index (χ1) is 9.92. The third kappa shape index (κ3) is 2.76. The van der Waals surface area contributed by atoms with Crippen LogP contribution in [-0.2, 0) is 10.2 Å². The van der Waals surface area contributed by atoms with Gasteiger partial charge < -0.3 is 4.90 Å². The summed E-state index contributed by atoms with van der Waals surface area (Å²) in [6.07, 6.45) is 4.86. The molecule has 1 aliphatic rings. The van der Waals surface area contributed by atoms with Crippen molar-refractivity contribution < 1.29 is 4.79 Å². The highest BCUT2D eigenvalue weighted by Gasteiger charge is 2.46. The van der Waals surface area contributed by atoms with E-state index in [1.807, 2.05) is 0 Å². The van der Waals surface area contributed by atoms with E-state index < -0.39 is 0 Å². The number of nitrogens with zero attached hydrogens (tertiary/aromatic N) is 1. The number of carbonyl (C=O) groups is 1. The van der Waals surface area contributed by atoms with E-state index >= 15 is 0 Å². The maximum atomic E-state index is 11.2. The molecule has 114 valence electrons. The number of para-hydroxylation sites is 1. The zero-order valence-corrected chi connectivity index (χ0v) is 13.9. The van der Waals surface area contributed by atoms with E-state index in [0.29, 0.717) is 11.8 Å². The van der Waals surface area contributed by atoms with Gasteiger partial charge >= 0.3 is 0 Å². The number of likely N-dealkylation sites (N-methyl/N-ethyl adjacent to an activating group) is 1. The lowest BCUT2D eigenvalue weighted by atomic mass is 9.69. The minimum Gasteiger partial charge on any atom is -0.347 e. The Morgan fingerprint density at radius 2 is 1.67 bits per heavy atom. The van der Waals surface area contributed by atoms with Gasteiger partial charge in [0.2, 0.25) is 0 Å². The molecule has 2 heteroatoms. The van der Waals surface area contributed by atoms with Crippen molar-refractivity contribution in [2.24, 2.45) is 11.8 Å². The van der Waals surface area contributed by atoms with Gasteiger partial charge in [-0.3, -0.25) is 4.79 Å². The molecule has 1 aromatic carbocycles. The van der Waals surface area contributed by atoms with Gasteiger partial charge in [-0.05, 0) is 42.4 Å². The average Bonchev–Trinajstić information content (AvgIpc) is 2.61. The highest BCUT2D eigenvalue weighted by atomic mass is 16.1. The van der Waals surface area contributed by atoms with E-state index in [1.165, 1.54) is 11.3 Å². The Bertz CT molecular complexity index is 532. The number of aldehydes is 1. The molecule has 0 aromatic heterocycles. The maximum absolute atomic E-state index is 11.2. The average molecular weight is 285 g/mol. The normalized spacial score (nSPS) is 18.6. The highest BCUT2D eigenvalue weighted by Crippen LogP contribution is 2.53. The minimum absolute atomic E-state index is 0.0331. The second-order valence-corrected chi connectivity index (χ2v) is 7.04. The van der Waals surface area contributed by atoms with Crippen molar-refractivity contribution in [3.8, 4) is 0 Å². The molecule has 0 saturated heterocycles. The van der Waals surface area contributed by atoms with Crippen LogP contribution in [0.15, 0.2) is 36.0 Å². The highest BCUT2D eigenvalue weighted by molar-refractivity contribution is 5.77. The van der Waals surface area contributed by atoms with Crippen LogP contribution in [0.25, 0.3) is 0 Å². The first-order valence-electron chi connectivity index (χ1n) is 7.91. The van der Waals surface area contributed by atoms with Crippen LogP contribution in [0.5, 0.6) is 0 Å². The van der Waals surface area contributed by atoms with Crippen LogP contribution < -0.4 is 4.90 Å². The Hall–Kier alpha value is -1.57. The van der Waals surface area contributed by atoms with E-state index in [1.54, 1.807) is 6.08 Å². The maximum Gasteiger partial charge on any atom is 0.144 e. The molecule has 0 unspecified atom stereocenters. The zero-order chi connectivity index (χ0) is 15.6. The summed E-state index contributed by atoms with van der Waals surface area (Å²) < 4.78 is 0. The summed E-state index contributed by atoms with van der Waals surface area (Å²) >= 11 is 0. The fourth-order valence-corrected chi connectivity index (χ4v) is 4.00. The lowest BCUT2D eigenvalue weighted by molar-refractivity contribution is -0.104. The summed E-state index contributed by atoms with van der Waals surface area (Å²) in [5.41, 5.74) is 3.74. The second kappa shape index (κ2) is 6.05. The third-order valence-electron chi connectivity index (χ3n) is 4.37. The van der Waals surface area contributed by atoms with E-state index in [0.717, 1.165) is 24.8 Å². The Morgan fingerprint density at radius 3 is 2.19 bits per heavy atom. The summed E-state index contributed by atoms with van der Waals surface area (Å²) in [4.78, 5) is 13.4. The van der Waals surface area contributed by atoms with E-state index in [2.05, 4.69) is 63.9 Å². The number of hydrogen-bond acceptors (Lipinski definition) is 2. The van der Waals surface area contributed by atoms with E-state index in [4.69, 9.17) is 0 Å². The van der Waals surface area contributed by atoms with Crippen LogP contribution >= 0.6 is 0 Å². The van der Waals surface area contributed by atoms with Gasteiger partial charge in [0.15, 0.2) is 0 Å². The molecule has 0 radical (unpaired) electrons. The molecule has 1 heterocycles. The quantitative estimate of drug-likeness (QED) is 0.584. The topological polar surface area (TPSA) is 20.3 Å². The first-order valence-corrected chi connectivity index (χ1v) is 7.91. The molecule has 0 aliphatic carbocycles. The molecule has 2 nitrogen and oxygen atoms in total. The first kappa shape index (κ1) is 15.8. The Labute approximate surface area is 128 Å². The van der Waals surface area contributed by atoms with Crippen LogP contribution in [0.1, 0.15) is 46.1 Å². The fourth-order valence-electron chi connectivity index (χ4n) is 4.00. The number of fused-ring (bicyclic) bond motifs is 1. The van der Waals surface area contributed by atoms with Crippen molar-refractivity contribution in [3.05, 3.63) is 41.6 Å². The molecule has 0 saturated carbocycles. The zero-order valence-electron chi connectivity index (χ0n) is 13.9. The van der Waals surface area contributed by atoms with Gasteiger partial charge in [0.05, 0.1) is 0 Å². The summed E-state index contributed by atoms with van der Waals surface area (Å²) in [7, 11) is 2.08. The number of rotatable bonds is 5. The lowest BCUT2D eigenvalue weighted by Crippen LogP contribution is -2.33. The number of hydrogen-bond donors (Lipinski definition) is 0. The van der Waals surface area contributed by atoms with Gasteiger partial charge in [0.25, 0.3) is 0 Å². The molecule has 0 bridgehead atoms. The predicted molar refractivity (Wildman–Crippen MR) is 89.6 cm³/mol. The molecule has 2 rings (SSSR count). The molecule has 0 fully saturated rings. The summed E-state index contributed by atoms with van der Waals surface area (Å²) in [6, 6.07) is 8.60. The minimum atomic E-state index is -0.0331. The summed E-state index contributed by atoms with van der Waals surface area (Å²) in [6.45, 7) is 9.06. The van der Waals surface area contributed by atoms with Crippen molar-refractivity contribution in [1.29, 1.82) is 0 Å². The van der Waals surface area contributed by atoms with Gasteiger partial charge in [-0.25, -0.2) is 0 Å². The fraction of sp³-hybridized carbons (Fsp3) is 0.526. The molecule has 0 atom stereocenters. The molecule has 0 spiro atoms. The number of carbonyl (C=O) groups excluding carboxylic acids is 1. The Kier molecular flexibility index (Phi) is 4.55. The molecular weight excluding hydrogens is 258 g/mol. The number of benzene rings is 1.